The summed E-state index contributed by atoms with van der Waals surface area (Å²) in [6.07, 6.45) is 3.74. The average Bonchev–Trinajstić information content (AvgIpc) is 2.82. The second-order valence-electron chi connectivity index (χ2n) is 5.44. The number of aliphatic hydroxyl groups is 1. The fourth-order valence-corrected chi connectivity index (χ4v) is 2.95. The van der Waals surface area contributed by atoms with Crippen LogP contribution in [0.25, 0.3) is 0 Å². The molecule has 4 nitrogen and oxygen atoms in total. The molecule has 0 radical (unpaired) electrons. The van der Waals surface area contributed by atoms with Crippen LogP contribution in [0, 0.1) is 5.92 Å². The second-order valence-corrected chi connectivity index (χ2v) is 5.44. The Kier molecular flexibility index (Phi) is 5.26. The van der Waals surface area contributed by atoms with Crippen LogP contribution in [-0.4, -0.2) is 30.5 Å². The second kappa shape index (κ2) is 6.95. The van der Waals surface area contributed by atoms with Crippen molar-refractivity contribution in [1.82, 2.24) is 0 Å². The quantitative estimate of drug-likeness (QED) is 0.804. The Labute approximate surface area is 120 Å². The summed E-state index contributed by atoms with van der Waals surface area (Å²) in [4.78, 5) is 0. The molecule has 1 saturated carbocycles. The van der Waals surface area contributed by atoms with Gasteiger partial charge in [-0.1, -0.05) is 12.5 Å². The molecule has 0 saturated heterocycles. The monoisotopic (exact) mass is 279 g/mol. The minimum absolute atomic E-state index is 0.252. The third-order valence-corrected chi connectivity index (χ3v) is 4.13. The van der Waals surface area contributed by atoms with Gasteiger partial charge in [0.2, 0.25) is 0 Å². The molecule has 20 heavy (non-hydrogen) atoms. The first-order chi connectivity index (χ1) is 9.68. The molecule has 2 unspecified atom stereocenters. The third kappa shape index (κ3) is 3.64. The average molecular weight is 279 g/mol. The van der Waals surface area contributed by atoms with Gasteiger partial charge >= 0.3 is 0 Å². The molecule has 0 aromatic heterocycles. The molecule has 0 spiro atoms. The number of hydrogen-bond acceptors (Lipinski definition) is 4. The molecule has 1 aromatic rings. The van der Waals surface area contributed by atoms with E-state index >= 15 is 0 Å². The Morgan fingerprint density at radius 2 is 2.10 bits per heavy atom. The van der Waals surface area contributed by atoms with E-state index in [1.165, 1.54) is 0 Å². The van der Waals surface area contributed by atoms with Gasteiger partial charge in [0.1, 0.15) is 11.5 Å². The molecule has 1 aliphatic rings. The number of nitrogens with two attached hydrogens (primary N) is 1. The lowest BCUT2D eigenvalue weighted by Gasteiger charge is -2.28. The lowest BCUT2D eigenvalue weighted by molar-refractivity contribution is 0.00354. The maximum atomic E-state index is 10.4. The maximum Gasteiger partial charge on any atom is 0.122 e. The zero-order valence-corrected chi connectivity index (χ0v) is 12.2. The molecule has 3 N–H and O–H groups in total. The van der Waals surface area contributed by atoms with Crippen molar-refractivity contribution in [3.8, 4) is 11.5 Å². The lowest BCUT2D eigenvalue weighted by atomic mass is 9.88. The van der Waals surface area contributed by atoms with E-state index in [0.29, 0.717) is 19.8 Å². The van der Waals surface area contributed by atoms with Crippen LogP contribution in [0.3, 0.4) is 0 Å². The molecule has 0 aliphatic heterocycles. The number of hydrogen-bond donors (Lipinski definition) is 2. The van der Waals surface area contributed by atoms with E-state index in [4.69, 9.17) is 15.2 Å². The van der Waals surface area contributed by atoms with Crippen molar-refractivity contribution in [3.05, 3.63) is 24.3 Å². The predicted molar refractivity (Wildman–Crippen MR) is 79.1 cm³/mol. The van der Waals surface area contributed by atoms with Gasteiger partial charge in [0.15, 0.2) is 0 Å². The van der Waals surface area contributed by atoms with E-state index < -0.39 is 5.60 Å². The van der Waals surface area contributed by atoms with Crippen LogP contribution < -0.4 is 15.2 Å². The molecule has 112 valence electrons. The zero-order chi connectivity index (χ0) is 14.4. The minimum atomic E-state index is -0.684. The van der Waals surface area contributed by atoms with Crippen LogP contribution in [0.1, 0.15) is 32.6 Å². The zero-order valence-electron chi connectivity index (χ0n) is 12.2. The highest BCUT2D eigenvalue weighted by molar-refractivity contribution is 5.32. The predicted octanol–water partition coefficient (Wildman–Crippen LogP) is 2.34. The molecular weight excluding hydrogens is 254 g/mol. The van der Waals surface area contributed by atoms with E-state index in [1.807, 2.05) is 31.2 Å². The molecule has 0 bridgehead atoms. The standard InChI is InChI=1S/C16H25NO3/c1-2-19-14-6-3-7-15(11-14)20-10-8-13-5-4-9-16(13,18)12-17/h3,6-7,11,13,18H,2,4-5,8-10,12,17H2,1H3. The molecule has 2 atom stereocenters. The van der Waals surface area contributed by atoms with Gasteiger partial charge < -0.3 is 20.3 Å². The van der Waals surface area contributed by atoms with Crippen molar-refractivity contribution in [3.63, 3.8) is 0 Å². The van der Waals surface area contributed by atoms with Crippen molar-refractivity contribution in [2.45, 2.75) is 38.2 Å². The Balaban J connectivity index is 1.82. The van der Waals surface area contributed by atoms with Crippen molar-refractivity contribution >= 4 is 0 Å². The van der Waals surface area contributed by atoms with E-state index in [0.717, 1.165) is 37.2 Å². The molecule has 2 rings (SSSR count). The number of ether oxygens (including phenoxy) is 2. The summed E-state index contributed by atoms with van der Waals surface area (Å²) in [5.41, 5.74) is 5.00. The fourth-order valence-electron chi connectivity index (χ4n) is 2.95. The van der Waals surface area contributed by atoms with E-state index in [1.54, 1.807) is 0 Å². The minimum Gasteiger partial charge on any atom is -0.494 e. The van der Waals surface area contributed by atoms with Gasteiger partial charge in [0.05, 0.1) is 18.8 Å². The van der Waals surface area contributed by atoms with Gasteiger partial charge in [-0.05, 0) is 44.2 Å². The molecule has 4 heteroatoms. The molecule has 0 amide bonds. The SMILES string of the molecule is CCOc1cccc(OCCC2CCCC2(O)CN)c1. The summed E-state index contributed by atoms with van der Waals surface area (Å²) in [6.45, 7) is 3.55. The molecule has 1 fully saturated rings. The topological polar surface area (TPSA) is 64.7 Å². The van der Waals surface area contributed by atoms with Gasteiger partial charge in [-0.3, -0.25) is 0 Å². The summed E-state index contributed by atoms with van der Waals surface area (Å²) in [5.74, 6) is 1.89. The van der Waals surface area contributed by atoms with Gasteiger partial charge in [-0.2, -0.15) is 0 Å². The summed E-state index contributed by atoms with van der Waals surface area (Å²) >= 11 is 0. The first-order valence-electron chi connectivity index (χ1n) is 7.46. The van der Waals surface area contributed by atoms with Crippen LogP contribution in [0.5, 0.6) is 11.5 Å². The van der Waals surface area contributed by atoms with Crippen molar-refractivity contribution < 1.29 is 14.6 Å². The van der Waals surface area contributed by atoms with Crippen molar-refractivity contribution in [2.24, 2.45) is 11.7 Å². The molecule has 0 heterocycles. The first kappa shape index (κ1) is 15.1. The Hall–Kier alpha value is -1.26. The van der Waals surface area contributed by atoms with Crippen molar-refractivity contribution in [1.29, 1.82) is 0 Å². The molecular formula is C16H25NO3. The van der Waals surface area contributed by atoms with Crippen LogP contribution in [0.2, 0.25) is 0 Å². The maximum absolute atomic E-state index is 10.4. The molecule has 1 aromatic carbocycles. The fraction of sp³-hybridized carbons (Fsp3) is 0.625. The van der Waals surface area contributed by atoms with Crippen LogP contribution in [0.15, 0.2) is 24.3 Å². The van der Waals surface area contributed by atoms with Gasteiger partial charge in [-0.25, -0.2) is 0 Å². The summed E-state index contributed by atoms with van der Waals surface area (Å²) in [7, 11) is 0. The lowest BCUT2D eigenvalue weighted by Crippen LogP contribution is -2.41. The Morgan fingerprint density at radius 3 is 2.80 bits per heavy atom. The Bertz CT molecular complexity index is 424. The van der Waals surface area contributed by atoms with Gasteiger partial charge in [0, 0.05) is 12.6 Å². The Morgan fingerprint density at radius 1 is 1.35 bits per heavy atom. The molecule has 1 aliphatic carbocycles. The highest BCUT2D eigenvalue weighted by Gasteiger charge is 2.39. The van der Waals surface area contributed by atoms with Crippen LogP contribution in [-0.2, 0) is 0 Å². The largest absolute Gasteiger partial charge is 0.494 e. The van der Waals surface area contributed by atoms with Gasteiger partial charge in [0.25, 0.3) is 0 Å². The van der Waals surface area contributed by atoms with Crippen molar-refractivity contribution in [2.75, 3.05) is 19.8 Å². The van der Waals surface area contributed by atoms with Crippen LogP contribution in [0.4, 0.5) is 0 Å². The van der Waals surface area contributed by atoms with E-state index in [-0.39, 0.29) is 5.92 Å². The highest BCUT2D eigenvalue weighted by Crippen LogP contribution is 2.37. The third-order valence-electron chi connectivity index (χ3n) is 4.13. The summed E-state index contributed by atoms with van der Waals surface area (Å²) in [5, 5.41) is 10.4. The van der Waals surface area contributed by atoms with Gasteiger partial charge in [-0.15, -0.1) is 0 Å². The smallest absolute Gasteiger partial charge is 0.122 e. The number of rotatable bonds is 7. The number of benzene rings is 1. The van der Waals surface area contributed by atoms with E-state index in [2.05, 4.69) is 0 Å². The summed E-state index contributed by atoms with van der Waals surface area (Å²) in [6, 6.07) is 7.66. The normalized spacial score (nSPS) is 25.6. The highest BCUT2D eigenvalue weighted by atomic mass is 16.5. The summed E-state index contributed by atoms with van der Waals surface area (Å²) < 4.78 is 11.2. The van der Waals surface area contributed by atoms with Crippen LogP contribution >= 0.6 is 0 Å². The first-order valence-corrected chi connectivity index (χ1v) is 7.46. The van der Waals surface area contributed by atoms with E-state index in [9.17, 15) is 5.11 Å².